The van der Waals surface area contributed by atoms with Gasteiger partial charge in [0.1, 0.15) is 0 Å². The quantitative estimate of drug-likeness (QED) is 0.877. The highest BCUT2D eigenvalue weighted by atomic mass is 16.2. The molecule has 0 radical (unpaired) electrons. The summed E-state index contributed by atoms with van der Waals surface area (Å²) in [5.41, 5.74) is 2.82. The van der Waals surface area contributed by atoms with Gasteiger partial charge in [0.15, 0.2) is 0 Å². The summed E-state index contributed by atoms with van der Waals surface area (Å²) in [6.07, 6.45) is 3.74. The molecule has 1 aromatic carbocycles. The summed E-state index contributed by atoms with van der Waals surface area (Å²) in [6, 6.07) is 9.96. The highest BCUT2D eigenvalue weighted by Gasteiger charge is 2.46. The van der Waals surface area contributed by atoms with Gasteiger partial charge in [-0.3, -0.25) is 9.78 Å². The highest BCUT2D eigenvalue weighted by Crippen LogP contribution is 2.52. The van der Waals surface area contributed by atoms with Crippen molar-refractivity contribution in [2.45, 2.75) is 31.2 Å². The lowest BCUT2D eigenvalue weighted by Crippen LogP contribution is -2.39. The minimum Gasteiger partial charge on any atom is -0.365 e. The second kappa shape index (κ2) is 4.35. The molecular formula is C16H17N3O2. The second-order valence-electron chi connectivity index (χ2n) is 6.12. The van der Waals surface area contributed by atoms with Crippen molar-refractivity contribution in [3.8, 4) is 0 Å². The molecule has 1 aromatic heterocycles. The lowest BCUT2D eigenvalue weighted by Gasteiger charge is -2.39. The zero-order valence-corrected chi connectivity index (χ0v) is 11.7. The molecule has 0 saturated heterocycles. The number of H-pyrrole nitrogens is 2. The molecule has 1 aliphatic carbocycles. The normalized spacial score (nSPS) is 18.6. The predicted octanol–water partition coefficient (Wildman–Crippen LogP) is 1.51. The van der Waals surface area contributed by atoms with Crippen LogP contribution < -0.4 is 16.1 Å². The number of hydrogen-bond donors (Lipinski definition) is 2. The number of anilines is 1. The Balaban J connectivity index is 1.70. The first kappa shape index (κ1) is 12.4. The van der Waals surface area contributed by atoms with Crippen LogP contribution in [0.1, 0.15) is 30.5 Å². The van der Waals surface area contributed by atoms with Gasteiger partial charge >= 0.3 is 5.69 Å². The number of aromatic nitrogens is 2. The molecule has 108 valence electrons. The number of nitrogens with one attached hydrogen (secondary N) is 2. The van der Waals surface area contributed by atoms with Gasteiger partial charge in [0.2, 0.25) is 0 Å². The van der Waals surface area contributed by atoms with E-state index in [-0.39, 0.29) is 11.0 Å². The van der Waals surface area contributed by atoms with Crippen molar-refractivity contribution in [3.63, 3.8) is 0 Å². The molecular weight excluding hydrogens is 266 g/mol. The van der Waals surface area contributed by atoms with E-state index in [9.17, 15) is 9.59 Å². The van der Waals surface area contributed by atoms with Crippen LogP contribution in [0.15, 0.2) is 39.9 Å². The molecule has 0 unspecified atom stereocenters. The molecule has 21 heavy (non-hydrogen) atoms. The van der Waals surface area contributed by atoms with Crippen molar-refractivity contribution in [1.29, 1.82) is 0 Å². The lowest BCUT2D eigenvalue weighted by molar-refractivity contribution is 0.263. The Kier molecular flexibility index (Phi) is 2.58. The average molecular weight is 283 g/mol. The third-order valence-electron chi connectivity index (χ3n) is 4.80. The van der Waals surface area contributed by atoms with Crippen molar-refractivity contribution < 1.29 is 0 Å². The topological polar surface area (TPSA) is 69.0 Å². The molecule has 1 saturated carbocycles. The number of rotatable bonds is 2. The number of nitrogens with zero attached hydrogens (tertiary/aromatic N) is 1. The first-order chi connectivity index (χ1) is 10.2. The molecule has 2 aromatic rings. The molecule has 1 aliphatic heterocycles. The monoisotopic (exact) mass is 283 g/mol. The number of fused-ring (bicyclic) bond motifs is 2. The summed E-state index contributed by atoms with van der Waals surface area (Å²) in [5.74, 6) is 0. The van der Waals surface area contributed by atoms with Crippen LogP contribution in [0, 0.1) is 0 Å². The zero-order valence-electron chi connectivity index (χ0n) is 11.7. The summed E-state index contributed by atoms with van der Waals surface area (Å²) in [6.45, 7) is 1.54. The minimum absolute atomic E-state index is 0.290. The van der Waals surface area contributed by atoms with E-state index in [1.807, 2.05) is 6.07 Å². The molecule has 4 rings (SSSR count). The van der Waals surface area contributed by atoms with Crippen molar-refractivity contribution >= 4 is 5.69 Å². The molecule has 1 fully saturated rings. The Hall–Kier alpha value is -2.30. The van der Waals surface area contributed by atoms with Crippen molar-refractivity contribution in [3.05, 3.63) is 62.4 Å². The van der Waals surface area contributed by atoms with Crippen LogP contribution >= 0.6 is 0 Å². The molecule has 1 spiro atoms. The van der Waals surface area contributed by atoms with Gasteiger partial charge < -0.3 is 9.88 Å². The van der Waals surface area contributed by atoms with Crippen molar-refractivity contribution in [1.82, 2.24) is 9.97 Å². The molecule has 2 N–H and O–H groups in total. The maximum Gasteiger partial charge on any atom is 0.325 e. The van der Waals surface area contributed by atoms with Crippen LogP contribution in [-0.2, 0) is 12.0 Å². The molecule has 2 heterocycles. The molecule has 0 amide bonds. The number of benzene rings is 1. The van der Waals surface area contributed by atoms with Crippen LogP contribution in [0.4, 0.5) is 5.69 Å². The summed E-state index contributed by atoms with van der Waals surface area (Å²) in [7, 11) is 0. The standard InChI is InChI=1S/C16H17N3O2/c20-14-8-11(17-15(21)18-14)9-19-10-16(6-3-7-16)12-4-1-2-5-13(12)19/h1-2,4-5,8H,3,6-7,9-10H2,(H2,17,18,20,21). The van der Waals surface area contributed by atoms with E-state index >= 15 is 0 Å². The lowest BCUT2D eigenvalue weighted by atomic mass is 9.66. The van der Waals surface area contributed by atoms with E-state index in [0.29, 0.717) is 12.2 Å². The molecule has 0 atom stereocenters. The van der Waals surface area contributed by atoms with Crippen LogP contribution in [0.25, 0.3) is 0 Å². The Morgan fingerprint density at radius 2 is 1.95 bits per heavy atom. The Morgan fingerprint density at radius 3 is 2.67 bits per heavy atom. The van der Waals surface area contributed by atoms with E-state index in [0.717, 1.165) is 6.54 Å². The van der Waals surface area contributed by atoms with Gasteiger partial charge in [0.25, 0.3) is 5.56 Å². The van der Waals surface area contributed by atoms with E-state index in [4.69, 9.17) is 0 Å². The largest absolute Gasteiger partial charge is 0.365 e. The SMILES string of the molecule is O=c1cc(CN2CC3(CCC3)c3ccccc32)[nH]c(=O)[nH]1. The van der Waals surface area contributed by atoms with Crippen LogP contribution in [0.2, 0.25) is 0 Å². The fraction of sp³-hybridized carbons (Fsp3) is 0.375. The predicted molar refractivity (Wildman–Crippen MR) is 80.7 cm³/mol. The number of para-hydroxylation sites is 1. The van der Waals surface area contributed by atoms with Gasteiger partial charge in [0.05, 0.1) is 6.54 Å². The average Bonchev–Trinajstić information content (AvgIpc) is 2.73. The molecule has 5 heteroatoms. The first-order valence-corrected chi connectivity index (χ1v) is 7.33. The van der Waals surface area contributed by atoms with Gasteiger partial charge in [-0.05, 0) is 24.5 Å². The Morgan fingerprint density at radius 1 is 1.14 bits per heavy atom. The van der Waals surface area contributed by atoms with E-state index in [2.05, 4.69) is 33.1 Å². The zero-order chi connectivity index (χ0) is 14.4. The molecule has 5 nitrogen and oxygen atoms in total. The van der Waals surface area contributed by atoms with Gasteiger partial charge in [-0.25, -0.2) is 4.79 Å². The second-order valence-corrected chi connectivity index (χ2v) is 6.12. The highest BCUT2D eigenvalue weighted by molar-refractivity contribution is 5.63. The van der Waals surface area contributed by atoms with Gasteiger partial charge in [0, 0.05) is 29.4 Å². The summed E-state index contributed by atoms with van der Waals surface area (Å²) in [4.78, 5) is 30.0. The fourth-order valence-corrected chi connectivity index (χ4v) is 3.72. The van der Waals surface area contributed by atoms with E-state index in [1.54, 1.807) is 0 Å². The summed E-state index contributed by atoms with van der Waals surface area (Å²) in [5, 5.41) is 0. The van der Waals surface area contributed by atoms with Crippen LogP contribution in [0.5, 0.6) is 0 Å². The maximum absolute atomic E-state index is 11.4. The molecule has 0 bridgehead atoms. The van der Waals surface area contributed by atoms with Gasteiger partial charge in [-0.1, -0.05) is 24.6 Å². The minimum atomic E-state index is -0.441. The Bertz CT molecular complexity index is 773. The van der Waals surface area contributed by atoms with Crippen LogP contribution in [-0.4, -0.2) is 16.5 Å². The van der Waals surface area contributed by atoms with Crippen LogP contribution in [0.3, 0.4) is 0 Å². The van der Waals surface area contributed by atoms with Crippen molar-refractivity contribution in [2.75, 3.05) is 11.4 Å². The third-order valence-corrected chi connectivity index (χ3v) is 4.80. The maximum atomic E-state index is 11.4. The van der Waals surface area contributed by atoms with E-state index in [1.165, 1.54) is 36.6 Å². The number of hydrogen-bond acceptors (Lipinski definition) is 3. The van der Waals surface area contributed by atoms with E-state index < -0.39 is 5.69 Å². The number of aromatic amines is 2. The van der Waals surface area contributed by atoms with Gasteiger partial charge in [-0.15, -0.1) is 0 Å². The third kappa shape index (κ3) is 1.92. The van der Waals surface area contributed by atoms with Gasteiger partial charge in [-0.2, -0.15) is 0 Å². The summed E-state index contributed by atoms with van der Waals surface area (Å²) >= 11 is 0. The Labute approximate surface area is 121 Å². The fourth-order valence-electron chi connectivity index (χ4n) is 3.72. The van der Waals surface area contributed by atoms with Crippen molar-refractivity contribution in [2.24, 2.45) is 0 Å². The smallest absolute Gasteiger partial charge is 0.325 e. The summed E-state index contributed by atoms with van der Waals surface area (Å²) < 4.78 is 0. The first-order valence-electron chi connectivity index (χ1n) is 7.33. The molecule has 2 aliphatic rings.